The summed E-state index contributed by atoms with van der Waals surface area (Å²) < 4.78 is 0. The van der Waals surface area contributed by atoms with E-state index in [-0.39, 0.29) is 0 Å². The average Bonchev–Trinajstić information content (AvgIpc) is 2.27. The molecule has 17 heavy (non-hydrogen) atoms. The van der Waals surface area contributed by atoms with Crippen molar-refractivity contribution in [2.24, 2.45) is 17.6 Å². The lowest BCUT2D eigenvalue weighted by molar-refractivity contribution is -0.132. The van der Waals surface area contributed by atoms with Gasteiger partial charge in [-0.25, -0.2) is 0 Å². The molecule has 0 radical (unpaired) electrons. The third-order valence-electron chi connectivity index (χ3n) is 3.20. The van der Waals surface area contributed by atoms with E-state index in [1.54, 1.807) is 0 Å². The molecule has 1 amide bonds. The Labute approximate surface area is 109 Å². The molecule has 1 aliphatic rings. The molecular weight excluding hydrogens is 232 g/mol. The minimum absolute atomic E-state index is 0.299. The summed E-state index contributed by atoms with van der Waals surface area (Å²) in [6, 6.07) is 0. The number of nitrogens with zero attached hydrogens (tertiary/aromatic N) is 1. The largest absolute Gasteiger partial charge is 0.341 e. The zero-order valence-corrected chi connectivity index (χ0v) is 12.1. The van der Waals surface area contributed by atoms with Gasteiger partial charge in [0.2, 0.25) is 5.91 Å². The Hall–Kier alpha value is -0.220. The smallest absolute Gasteiger partial charge is 0.222 e. The van der Waals surface area contributed by atoms with Gasteiger partial charge in [0, 0.05) is 30.5 Å². The summed E-state index contributed by atoms with van der Waals surface area (Å²) >= 11 is 1.96. The van der Waals surface area contributed by atoms with E-state index >= 15 is 0 Å². The third-order valence-corrected chi connectivity index (χ3v) is 4.33. The number of amides is 1. The fraction of sp³-hybridized carbons (Fsp3) is 0.923. The molecule has 0 aromatic carbocycles. The molecular formula is C13H26N2OS. The summed E-state index contributed by atoms with van der Waals surface area (Å²) in [5.74, 6) is 2.34. The Morgan fingerprint density at radius 3 is 2.76 bits per heavy atom. The summed E-state index contributed by atoms with van der Waals surface area (Å²) in [5.41, 5.74) is 5.75. The van der Waals surface area contributed by atoms with Crippen LogP contribution in [0.15, 0.2) is 0 Å². The molecule has 0 spiro atoms. The van der Waals surface area contributed by atoms with E-state index in [1.165, 1.54) is 0 Å². The van der Waals surface area contributed by atoms with Crippen molar-refractivity contribution in [3.05, 3.63) is 0 Å². The normalized spacial score (nSPS) is 22.9. The predicted octanol–water partition coefficient (Wildman–Crippen LogP) is 1.96. The number of carbonyl (C=O) groups excluding carboxylic acids is 1. The molecule has 2 N–H and O–H groups in total. The summed E-state index contributed by atoms with van der Waals surface area (Å²) in [6.07, 6.45) is 1.69. The predicted molar refractivity (Wildman–Crippen MR) is 75.1 cm³/mol. The van der Waals surface area contributed by atoms with Crippen LogP contribution in [0, 0.1) is 11.8 Å². The average molecular weight is 258 g/mol. The second-order valence-corrected chi connectivity index (χ2v) is 7.00. The van der Waals surface area contributed by atoms with Gasteiger partial charge < -0.3 is 10.6 Å². The van der Waals surface area contributed by atoms with Gasteiger partial charge in [0.1, 0.15) is 0 Å². The van der Waals surface area contributed by atoms with Crippen molar-refractivity contribution < 1.29 is 4.79 Å². The van der Waals surface area contributed by atoms with Gasteiger partial charge in [0.15, 0.2) is 0 Å². The number of nitrogens with two attached hydrogens (primary N) is 1. The Morgan fingerprint density at radius 1 is 1.53 bits per heavy atom. The molecule has 1 unspecified atom stereocenters. The van der Waals surface area contributed by atoms with Crippen molar-refractivity contribution in [3.8, 4) is 0 Å². The lowest BCUT2D eigenvalue weighted by atomic mass is 9.94. The summed E-state index contributed by atoms with van der Waals surface area (Å²) in [5, 5.41) is 0.578. The number of carbonyl (C=O) groups is 1. The Morgan fingerprint density at radius 2 is 2.24 bits per heavy atom. The van der Waals surface area contributed by atoms with Gasteiger partial charge in [0.05, 0.1) is 0 Å². The van der Waals surface area contributed by atoms with Crippen molar-refractivity contribution in [2.45, 2.75) is 38.9 Å². The van der Waals surface area contributed by atoms with E-state index in [1.807, 2.05) is 16.7 Å². The first-order valence-electron chi connectivity index (χ1n) is 6.62. The second kappa shape index (κ2) is 7.27. The molecule has 0 aromatic rings. The molecule has 0 bridgehead atoms. The van der Waals surface area contributed by atoms with Crippen molar-refractivity contribution in [2.75, 3.05) is 25.4 Å². The molecule has 1 aliphatic heterocycles. The van der Waals surface area contributed by atoms with E-state index in [0.717, 1.165) is 25.3 Å². The highest BCUT2D eigenvalue weighted by atomic mass is 32.2. The zero-order valence-electron chi connectivity index (χ0n) is 11.3. The van der Waals surface area contributed by atoms with Gasteiger partial charge in [-0.3, -0.25) is 4.79 Å². The van der Waals surface area contributed by atoms with E-state index in [0.29, 0.717) is 36.0 Å². The van der Waals surface area contributed by atoms with Crippen molar-refractivity contribution in [3.63, 3.8) is 0 Å². The molecule has 1 fully saturated rings. The van der Waals surface area contributed by atoms with Crippen LogP contribution in [0.4, 0.5) is 0 Å². The highest BCUT2D eigenvalue weighted by Crippen LogP contribution is 2.21. The number of rotatable bonds is 5. The molecule has 0 saturated carbocycles. The fourth-order valence-electron chi connectivity index (χ4n) is 2.35. The van der Waals surface area contributed by atoms with Crippen LogP contribution in [0.5, 0.6) is 0 Å². The van der Waals surface area contributed by atoms with E-state index in [2.05, 4.69) is 20.8 Å². The van der Waals surface area contributed by atoms with Crippen molar-refractivity contribution in [1.82, 2.24) is 4.90 Å². The van der Waals surface area contributed by atoms with Crippen LogP contribution in [0.3, 0.4) is 0 Å². The van der Waals surface area contributed by atoms with E-state index in [4.69, 9.17) is 5.73 Å². The highest BCUT2D eigenvalue weighted by Gasteiger charge is 2.23. The van der Waals surface area contributed by atoms with Gasteiger partial charge in [-0.2, -0.15) is 11.8 Å². The first kappa shape index (κ1) is 14.8. The lowest BCUT2D eigenvalue weighted by Gasteiger charge is -2.31. The molecule has 3 nitrogen and oxygen atoms in total. The standard InChI is InChI=1S/C13H26N2OS/c1-10(2)6-12(8-14)7-13(16)15-4-5-17-11(3)9-15/h10-12H,4-9,14H2,1-3H3/t11?,12-/m0/s1. The summed E-state index contributed by atoms with van der Waals surface area (Å²) in [7, 11) is 0. The van der Waals surface area contributed by atoms with Crippen molar-refractivity contribution in [1.29, 1.82) is 0 Å². The molecule has 1 rings (SSSR count). The quantitative estimate of drug-likeness (QED) is 0.820. The Kier molecular flexibility index (Phi) is 6.34. The SMILES string of the molecule is CC(C)C[C@H](CN)CC(=O)N1CCSC(C)C1. The van der Waals surface area contributed by atoms with E-state index in [9.17, 15) is 4.79 Å². The van der Waals surface area contributed by atoms with Crippen LogP contribution in [0.25, 0.3) is 0 Å². The van der Waals surface area contributed by atoms with Crippen LogP contribution < -0.4 is 5.73 Å². The van der Waals surface area contributed by atoms with Gasteiger partial charge in [-0.05, 0) is 24.8 Å². The van der Waals surface area contributed by atoms with Gasteiger partial charge in [-0.15, -0.1) is 0 Å². The fourth-order valence-corrected chi connectivity index (χ4v) is 3.36. The second-order valence-electron chi connectivity index (χ2n) is 5.46. The molecule has 0 aromatic heterocycles. The Bertz CT molecular complexity index is 246. The maximum atomic E-state index is 12.2. The first-order valence-corrected chi connectivity index (χ1v) is 7.67. The van der Waals surface area contributed by atoms with Crippen LogP contribution in [0.1, 0.15) is 33.6 Å². The Balaban J connectivity index is 2.40. The van der Waals surface area contributed by atoms with E-state index < -0.39 is 0 Å². The van der Waals surface area contributed by atoms with Gasteiger partial charge >= 0.3 is 0 Å². The minimum atomic E-state index is 0.299. The zero-order chi connectivity index (χ0) is 12.8. The van der Waals surface area contributed by atoms with Crippen LogP contribution in [-0.4, -0.2) is 41.4 Å². The lowest BCUT2D eigenvalue weighted by Crippen LogP contribution is -2.42. The molecule has 100 valence electrons. The highest BCUT2D eigenvalue weighted by molar-refractivity contribution is 7.99. The molecule has 1 saturated heterocycles. The van der Waals surface area contributed by atoms with Crippen LogP contribution >= 0.6 is 11.8 Å². The molecule has 4 heteroatoms. The van der Waals surface area contributed by atoms with Crippen LogP contribution in [-0.2, 0) is 4.79 Å². The molecule has 0 aliphatic carbocycles. The maximum absolute atomic E-state index is 12.2. The number of hydrogen-bond donors (Lipinski definition) is 1. The van der Waals surface area contributed by atoms with Gasteiger partial charge in [0.25, 0.3) is 0 Å². The van der Waals surface area contributed by atoms with Crippen LogP contribution in [0.2, 0.25) is 0 Å². The molecule has 2 atom stereocenters. The maximum Gasteiger partial charge on any atom is 0.222 e. The summed E-state index contributed by atoms with van der Waals surface area (Å²) in [4.78, 5) is 14.2. The number of hydrogen-bond acceptors (Lipinski definition) is 3. The van der Waals surface area contributed by atoms with Crippen molar-refractivity contribution >= 4 is 17.7 Å². The minimum Gasteiger partial charge on any atom is -0.341 e. The third kappa shape index (κ3) is 5.30. The summed E-state index contributed by atoms with van der Waals surface area (Å²) in [6.45, 7) is 9.01. The monoisotopic (exact) mass is 258 g/mol. The topological polar surface area (TPSA) is 46.3 Å². The number of thioether (sulfide) groups is 1. The van der Waals surface area contributed by atoms with Gasteiger partial charge in [-0.1, -0.05) is 20.8 Å². The molecule has 1 heterocycles. The first-order chi connectivity index (χ1) is 8.02.